The Hall–Kier alpha value is -1.66. The highest BCUT2D eigenvalue weighted by atomic mass is 32.2. The van der Waals surface area contributed by atoms with Crippen LogP contribution in [0.3, 0.4) is 0 Å². The molecule has 0 saturated carbocycles. The van der Waals surface area contributed by atoms with Gasteiger partial charge in [-0.2, -0.15) is 0 Å². The van der Waals surface area contributed by atoms with Gasteiger partial charge in [0.15, 0.2) is 9.84 Å². The first-order valence-corrected chi connectivity index (χ1v) is 10.2. The van der Waals surface area contributed by atoms with Crippen LogP contribution in [0.5, 0.6) is 0 Å². The quantitative estimate of drug-likeness (QED) is 0.841. The second-order valence-electron chi connectivity index (χ2n) is 5.19. The average molecular weight is 337 g/mol. The van der Waals surface area contributed by atoms with Crippen LogP contribution < -0.4 is 4.90 Å². The molecule has 2 aromatic carbocycles. The van der Waals surface area contributed by atoms with Crippen LogP contribution in [0.1, 0.15) is 5.56 Å². The van der Waals surface area contributed by atoms with Gasteiger partial charge in [0.25, 0.3) is 0 Å². The van der Waals surface area contributed by atoms with Gasteiger partial charge < -0.3 is 4.90 Å². The van der Waals surface area contributed by atoms with Crippen LogP contribution in [0.15, 0.2) is 58.3 Å². The fourth-order valence-electron chi connectivity index (χ4n) is 2.23. The maximum Gasteiger partial charge on any atom is 0.177 e. The van der Waals surface area contributed by atoms with Crippen LogP contribution >= 0.6 is 0 Å². The monoisotopic (exact) mass is 337 g/mol. The van der Waals surface area contributed by atoms with Crippen molar-refractivity contribution in [3.05, 3.63) is 54.1 Å². The van der Waals surface area contributed by atoms with E-state index >= 15 is 0 Å². The predicted molar refractivity (Wildman–Crippen MR) is 90.4 cm³/mol. The number of benzene rings is 2. The molecule has 0 N–H and O–H groups in total. The standard InChI is InChI=1S/C16H19NO3S2/c1-17(12-13-8-10-14(11-9-13)21(2)18)15-6-4-5-7-16(15)22(3,19)20/h4-11H,12H2,1-3H3/t21-/m0/s1. The molecule has 6 heteroatoms. The number of para-hydroxylation sites is 1. The maximum absolute atomic E-state index is 11.9. The summed E-state index contributed by atoms with van der Waals surface area (Å²) in [5.41, 5.74) is 1.70. The van der Waals surface area contributed by atoms with Crippen molar-refractivity contribution in [3.63, 3.8) is 0 Å². The van der Waals surface area contributed by atoms with Crippen LogP contribution in [-0.2, 0) is 27.2 Å². The third-order valence-corrected chi connectivity index (χ3v) is 5.43. The minimum atomic E-state index is -3.27. The van der Waals surface area contributed by atoms with Crippen molar-refractivity contribution in [2.75, 3.05) is 24.5 Å². The Labute approximate surface area is 134 Å². The topological polar surface area (TPSA) is 54.5 Å². The molecule has 0 fully saturated rings. The van der Waals surface area contributed by atoms with E-state index in [4.69, 9.17) is 0 Å². The van der Waals surface area contributed by atoms with Crippen LogP contribution in [0.25, 0.3) is 0 Å². The Balaban J connectivity index is 2.26. The summed E-state index contributed by atoms with van der Waals surface area (Å²) in [6.45, 7) is 0.573. The number of hydrogen-bond donors (Lipinski definition) is 0. The molecule has 0 aliphatic carbocycles. The summed E-state index contributed by atoms with van der Waals surface area (Å²) in [7, 11) is -2.41. The fraction of sp³-hybridized carbons (Fsp3) is 0.250. The van der Waals surface area contributed by atoms with Crippen molar-refractivity contribution in [1.29, 1.82) is 0 Å². The van der Waals surface area contributed by atoms with Crippen molar-refractivity contribution in [1.82, 2.24) is 0 Å². The minimum absolute atomic E-state index is 0.323. The first kappa shape index (κ1) is 16.7. The molecular weight excluding hydrogens is 318 g/mol. The molecule has 0 unspecified atom stereocenters. The first-order chi connectivity index (χ1) is 10.3. The second kappa shape index (κ2) is 6.62. The summed E-state index contributed by atoms with van der Waals surface area (Å²) in [6, 6.07) is 14.5. The Morgan fingerprint density at radius 1 is 1.05 bits per heavy atom. The smallest absolute Gasteiger partial charge is 0.177 e. The van der Waals surface area contributed by atoms with Crippen molar-refractivity contribution in [3.8, 4) is 0 Å². The highest BCUT2D eigenvalue weighted by Crippen LogP contribution is 2.25. The van der Waals surface area contributed by atoms with E-state index in [0.717, 1.165) is 10.5 Å². The number of hydrogen-bond acceptors (Lipinski definition) is 4. The van der Waals surface area contributed by atoms with Gasteiger partial charge in [-0.05, 0) is 29.8 Å². The van der Waals surface area contributed by atoms with Gasteiger partial charge in [-0.3, -0.25) is 4.21 Å². The highest BCUT2D eigenvalue weighted by molar-refractivity contribution is 7.90. The number of anilines is 1. The molecule has 1 atom stereocenters. The van der Waals surface area contributed by atoms with Crippen LogP contribution in [0, 0.1) is 0 Å². The Bertz CT molecular complexity index is 783. The zero-order valence-electron chi connectivity index (χ0n) is 12.8. The van der Waals surface area contributed by atoms with Gasteiger partial charge in [0, 0.05) is 41.8 Å². The summed E-state index contributed by atoms with van der Waals surface area (Å²) in [5.74, 6) is 0. The van der Waals surface area contributed by atoms with Gasteiger partial charge in [-0.25, -0.2) is 8.42 Å². The lowest BCUT2D eigenvalue weighted by Gasteiger charge is -2.22. The second-order valence-corrected chi connectivity index (χ2v) is 8.56. The molecule has 2 rings (SSSR count). The predicted octanol–water partition coefficient (Wildman–Crippen LogP) is 2.46. The van der Waals surface area contributed by atoms with E-state index in [1.54, 1.807) is 24.5 Å². The van der Waals surface area contributed by atoms with Crippen molar-refractivity contribution >= 4 is 26.3 Å². The molecule has 0 heterocycles. The zero-order chi connectivity index (χ0) is 16.3. The summed E-state index contributed by atoms with van der Waals surface area (Å²) >= 11 is 0. The van der Waals surface area contributed by atoms with E-state index in [1.165, 1.54) is 6.26 Å². The molecule has 0 aliphatic rings. The molecule has 0 spiro atoms. The lowest BCUT2D eigenvalue weighted by molar-refractivity contribution is 0.601. The van der Waals surface area contributed by atoms with Gasteiger partial charge in [-0.1, -0.05) is 24.3 Å². The first-order valence-electron chi connectivity index (χ1n) is 6.71. The van der Waals surface area contributed by atoms with Gasteiger partial charge in [0.2, 0.25) is 0 Å². The summed E-state index contributed by atoms with van der Waals surface area (Å²) in [6.07, 6.45) is 2.86. The van der Waals surface area contributed by atoms with E-state index in [9.17, 15) is 12.6 Å². The molecule has 0 radical (unpaired) electrons. The van der Waals surface area contributed by atoms with E-state index in [-0.39, 0.29) is 0 Å². The molecule has 2 aromatic rings. The molecule has 0 bridgehead atoms. The Morgan fingerprint density at radius 3 is 2.18 bits per heavy atom. The lowest BCUT2D eigenvalue weighted by atomic mass is 10.2. The molecule has 22 heavy (non-hydrogen) atoms. The van der Waals surface area contributed by atoms with Crippen molar-refractivity contribution < 1.29 is 12.6 Å². The normalized spacial score (nSPS) is 12.9. The minimum Gasteiger partial charge on any atom is -0.369 e. The van der Waals surface area contributed by atoms with Gasteiger partial charge >= 0.3 is 0 Å². The molecule has 0 saturated heterocycles. The van der Waals surface area contributed by atoms with E-state index < -0.39 is 20.6 Å². The van der Waals surface area contributed by atoms with Gasteiger partial charge in [-0.15, -0.1) is 0 Å². The van der Waals surface area contributed by atoms with Crippen LogP contribution in [-0.4, -0.2) is 32.2 Å². The van der Waals surface area contributed by atoms with Crippen LogP contribution in [0.4, 0.5) is 5.69 Å². The van der Waals surface area contributed by atoms with E-state index in [2.05, 4.69) is 0 Å². The maximum atomic E-state index is 11.9. The van der Waals surface area contributed by atoms with E-state index in [0.29, 0.717) is 17.1 Å². The zero-order valence-corrected chi connectivity index (χ0v) is 14.4. The average Bonchev–Trinajstić information content (AvgIpc) is 2.47. The van der Waals surface area contributed by atoms with Crippen molar-refractivity contribution in [2.45, 2.75) is 16.3 Å². The molecule has 118 valence electrons. The molecule has 4 nitrogen and oxygen atoms in total. The summed E-state index contributed by atoms with van der Waals surface area (Å²) in [4.78, 5) is 3.00. The van der Waals surface area contributed by atoms with Crippen molar-refractivity contribution in [2.24, 2.45) is 0 Å². The third-order valence-electron chi connectivity index (χ3n) is 3.35. The molecule has 0 aromatic heterocycles. The summed E-state index contributed by atoms with van der Waals surface area (Å²) < 4.78 is 35.1. The van der Waals surface area contributed by atoms with Gasteiger partial charge in [0.1, 0.15) is 0 Å². The molecule has 0 aliphatic heterocycles. The van der Waals surface area contributed by atoms with Gasteiger partial charge in [0.05, 0.1) is 10.6 Å². The Morgan fingerprint density at radius 2 is 1.64 bits per heavy atom. The largest absolute Gasteiger partial charge is 0.369 e. The fourth-order valence-corrected chi connectivity index (χ4v) is 3.68. The molecule has 0 amide bonds. The number of nitrogens with zero attached hydrogens (tertiary/aromatic N) is 1. The lowest BCUT2D eigenvalue weighted by Crippen LogP contribution is -2.19. The highest BCUT2D eigenvalue weighted by Gasteiger charge is 2.15. The van der Waals surface area contributed by atoms with E-state index in [1.807, 2.05) is 42.3 Å². The summed E-state index contributed by atoms with van der Waals surface area (Å²) in [5, 5.41) is 0. The SMILES string of the molecule is CN(Cc1ccc([S@](C)=O)cc1)c1ccccc1S(C)(=O)=O. The third kappa shape index (κ3) is 3.96. The number of rotatable bonds is 5. The number of sulfone groups is 1. The van der Waals surface area contributed by atoms with Crippen LogP contribution in [0.2, 0.25) is 0 Å². The Kier molecular flexibility index (Phi) is 5.03. The molecular formula is C16H19NO3S2.